The second-order valence-electron chi connectivity index (χ2n) is 4.70. The van der Waals surface area contributed by atoms with Crippen LogP contribution in [0.1, 0.15) is 11.1 Å². The maximum absolute atomic E-state index is 11.5. The fourth-order valence-corrected chi connectivity index (χ4v) is 2.41. The molecule has 0 radical (unpaired) electrons. The van der Waals surface area contributed by atoms with Gasteiger partial charge in [0.05, 0.1) is 11.0 Å². The molecule has 96 valence electrons. The number of rotatable bonds is 0. The number of hydrogen-bond acceptors (Lipinski definition) is 3. The number of H-pyrrole nitrogens is 2. The van der Waals surface area contributed by atoms with Gasteiger partial charge in [0.2, 0.25) is 11.1 Å². The molecule has 0 atom stereocenters. The van der Waals surface area contributed by atoms with Gasteiger partial charge >= 0.3 is 0 Å². The van der Waals surface area contributed by atoms with E-state index >= 15 is 0 Å². The molecule has 0 aliphatic carbocycles. The molecule has 0 spiro atoms. The number of phenolic OH excluding ortho intramolecular Hbond substituents is 1. The summed E-state index contributed by atoms with van der Waals surface area (Å²) < 4.78 is 0. The van der Waals surface area contributed by atoms with Crippen LogP contribution in [-0.2, 0) is 0 Å². The molecule has 0 amide bonds. The molecule has 0 aliphatic heterocycles. The second kappa shape index (κ2) is 3.71. The Morgan fingerprint density at radius 2 is 1.26 bits per heavy atom. The molecule has 5 nitrogen and oxygen atoms in total. The Labute approximate surface area is 107 Å². The van der Waals surface area contributed by atoms with Crippen LogP contribution in [0.5, 0.6) is 5.75 Å². The van der Waals surface area contributed by atoms with E-state index in [0.29, 0.717) is 11.0 Å². The topological polar surface area (TPSA) is 85.9 Å². The average molecular weight is 256 g/mol. The van der Waals surface area contributed by atoms with Crippen LogP contribution in [0.25, 0.3) is 21.8 Å². The van der Waals surface area contributed by atoms with Crippen LogP contribution >= 0.6 is 0 Å². The molecule has 3 aromatic rings. The predicted molar refractivity (Wildman–Crippen MR) is 73.8 cm³/mol. The van der Waals surface area contributed by atoms with Gasteiger partial charge in [-0.3, -0.25) is 9.59 Å². The number of hydrogen-bond donors (Lipinski definition) is 3. The fourth-order valence-electron chi connectivity index (χ4n) is 2.41. The van der Waals surface area contributed by atoms with Crippen LogP contribution < -0.4 is 11.1 Å². The quantitative estimate of drug-likeness (QED) is 0.535. The minimum Gasteiger partial charge on any atom is -0.504 e. The molecule has 3 rings (SSSR count). The molecule has 0 aliphatic rings. The van der Waals surface area contributed by atoms with Crippen LogP contribution in [0.3, 0.4) is 0 Å². The third-order valence-corrected chi connectivity index (χ3v) is 3.34. The van der Waals surface area contributed by atoms with Crippen molar-refractivity contribution in [3.05, 3.63) is 50.0 Å². The number of nitrogens with one attached hydrogen (secondary N) is 2. The van der Waals surface area contributed by atoms with E-state index in [1.54, 1.807) is 0 Å². The van der Waals surface area contributed by atoms with E-state index in [1.807, 2.05) is 19.9 Å². The van der Waals surface area contributed by atoms with Crippen LogP contribution in [0.2, 0.25) is 0 Å². The van der Waals surface area contributed by atoms with Gasteiger partial charge in [-0.25, -0.2) is 0 Å². The molecule has 2 heterocycles. The summed E-state index contributed by atoms with van der Waals surface area (Å²) in [5.41, 5.74) is 1.69. The highest BCUT2D eigenvalue weighted by Gasteiger charge is 2.12. The van der Waals surface area contributed by atoms with Gasteiger partial charge in [0, 0.05) is 22.9 Å². The minimum atomic E-state index is -0.283. The van der Waals surface area contributed by atoms with E-state index in [2.05, 4.69) is 9.97 Å². The number of aromatic nitrogens is 2. The number of aromatic amines is 2. The Kier molecular flexibility index (Phi) is 2.25. The first-order valence-electron chi connectivity index (χ1n) is 5.86. The van der Waals surface area contributed by atoms with Crippen molar-refractivity contribution in [3.63, 3.8) is 0 Å². The number of phenols is 1. The van der Waals surface area contributed by atoms with Crippen molar-refractivity contribution in [2.75, 3.05) is 0 Å². The lowest BCUT2D eigenvalue weighted by atomic mass is 10.0. The Bertz CT molecular complexity index is 861. The maximum atomic E-state index is 11.5. The summed E-state index contributed by atoms with van der Waals surface area (Å²) in [5, 5.41) is 11.8. The van der Waals surface area contributed by atoms with Crippen molar-refractivity contribution in [1.82, 2.24) is 9.97 Å². The molecule has 0 fully saturated rings. The van der Waals surface area contributed by atoms with Gasteiger partial charge in [-0.15, -0.1) is 0 Å². The summed E-state index contributed by atoms with van der Waals surface area (Å²) in [5.74, 6) is -0.103. The molecular weight excluding hydrogens is 244 g/mol. The lowest BCUT2D eigenvalue weighted by Crippen LogP contribution is -2.08. The summed E-state index contributed by atoms with van der Waals surface area (Å²) in [6, 6.07) is 4.82. The van der Waals surface area contributed by atoms with Gasteiger partial charge in [0.25, 0.3) is 0 Å². The largest absolute Gasteiger partial charge is 0.504 e. The predicted octanol–water partition coefficient (Wildman–Crippen LogP) is 1.69. The van der Waals surface area contributed by atoms with Crippen molar-refractivity contribution in [2.24, 2.45) is 0 Å². The van der Waals surface area contributed by atoms with E-state index < -0.39 is 0 Å². The summed E-state index contributed by atoms with van der Waals surface area (Å²) in [4.78, 5) is 28.2. The van der Waals surface area contributed by atoms with Crippen molar-refractivity contribution >= 4 is 21.8 Å². The highest BCUT2D eigenvalue weighted by molar-refractivity contribution is 6.03. The zero-order chi connectivity index (χ0) is 13.7. The first-order chi connectivity index (χ1) is 8.97. The third-order valence-electron chi connectivity index (χ3n) is 3.34. The molecule has 0 unspecified atom stereocenters. The molecule has 1 aromatic carbocycles. The monoisotopic (exact) mass is 256 g/mol. The van der Waals surface area contributed by atoms with Crippen molar-refractivity contribution < 1.29 is 5.11 Å². The molecule has 3 N–H and O–H groups in total. The number of aryl methyl sites for hydroxylation is 2. The summed E-state index contributed by atoms with van der Waals surface area (Å²) >= 11 is 0. The number of benzene rings is 1. The lowest BCUT2D eigenvalue weighted by molar-refractivity contribution is 0.485. The molecule has 5 heteroatoms. The SMILES string of the molecule is Cc1cc(=O)[nH]c2c(O)c3[nH]c(=O)cc(C)c3cc12. The maximum Gasteiger partial charge on any atom is 0.248 e. The van der Waals surface area contributed by atoms with E-state index in [9.17, 15) is 14.7 Å². The Balaban J connectivity index is 2.68. The molecule has 0 saturated carbocycles. The Morgan fingerprint density at radius 1 is 0.842 bits per heavy atom. The summed E-state index contributed by atoms with van der Waals surface area (Å²) in [7, 11) is 0. The first kappa shape index (κ1) is 11.5. The van der Waals surface area contributed by atoms with Gasteiger partial charge in [-0.05, 0) is 31.0 Å². The Hall–Kier alpha value is -2.56. The molecule has 19 heavy (non-hydrogen) atoms. The normalized spacial score (nSPS) is 11.3. The molecular formula is C14H12N2O3. The van der Waals surface area contributed by atoms with Crippen LogP contribution in [0.4, 0.5) is 0 Å². The number of fused-ring (bicyclic) bond motifs is 2. The molecule has 0 saturated heterocycles. The van der Waals surface area contributed by atoms with Crippen molar-refractivity contribution in [3.8, 4) is 5.75 Å². The smallest absolute Gasteiger partial charge is 0.248 e. The van der Waals surface area contributed by atoms with E-state index in [-0.39, 0.29) is 16.9 Å². The summed E-state index contributed by atoms with van der Waals surface area (Å²) in [6.07, 6.45) is 0. The van der Waals surface area contributed by atoms with Crippen LogP contribution in [-0.4, -0.2) is 15.1 Å². The van der Waals surface area contributed by atoms with Gasteiger partial charge < -0.3 is 15.1 Å². The van der Waals surface area contributed by atoms with Gasteiger partial charge in [0.15, 0.2) is 5.75 Å². The van der Waals surface area contributed by atoms with E-state index in [1.165, 1.54) is 12.1 Å². The fraction of sp³-hybridized carbons (Fsp3) is 0.143. The first-order valence-corrected chi connectivity index (χ1v) is 5.86. The third kappa shape index (κ3) is 1.62. The highest BCUT2D eigenvalue weighted by atomic mass is 16.3. The lowest BCUT2D eigenvalue weighted by Gasteiger charge is -2.09. The van der Waals surface area contributed by atoms with E-state index in [4.69, 9.17) is 0 Å². The zero-order valence-corrected chi connectivity index (χ0v) is 10.5. The zero-order valence-electron chi connectivity index (χ0n) is 10.5. The highest BCUT2D eigenvalue weighted by Crippen LogP contribution is 2.32. The van der Waals surface area contributed by atoms with Gasteiger partial charge in [-0.2, -0.15) is 0 Å². The number of aromatic hydroxyl groups is 1. The minimum absolute atomic E-state index is 0.103. The summed E-state index contributed by atoms with van der Waals surface area (Å²) in [6.45, 7) is 3.62. The standard InChI is InChI=1S/C14H12N2O3/c1-6-3-10(17)15-12-8(6)5-9-7(2)4-11(18)16-13(9)14(12)19/h3-5,19H,1-2H3,(H,15,17)(H,16,18). The van der Waals surface area contributed by atoms with Crippen molar-refractivity contribution in [1.29, 1.82) is 0 Å². The molecule has 0 bridgehead atoms. The van der Waals surface area contributed by atoms with Gasteiger partial charge in [-0.1, -0.05) is 0 Å². The average Bonchev–Trinajstić information content (AvgIpc) is 2.32. The Morgan fingerprint density at radius 3 is 1.68 bits per heavy atom. The number of pyridine rings is 2. The van der Waals surface area contributed by atoms with Crippen molar-refractivity contribution in [2.45, 2.75) is 13.8 Å². The second-order valence-corrected chi connectivity index (χ2v) is 4.70. The van der Waals surface area contributed by atoms with Crippen LogP contribution in [0.15, 0.2) is 27.8 Å². The van der Waals surface area contributed by atoms with Gasteiger partial charge in [0.1, 0.15) is 0 Å². The van der Waals surface area contributed by atoms with E-state index in [0.717, 1.165) is 21.9 Å². The molecule has 2 aromatic heterocycles. The van der Waals surface area contributed by atoms with Crippen LogP contribution in [0, 0.1) is 13.8 Å².